The molecule has 3 unspecified atom stereocenters. The summed E-state index contributed by atoms with van der Waals surface area (Å²) in [4.78, 5) is 44.9. The minimum absolute atomic E-state index is 0.0904. The lowest BCUT2D eigenvalue weighted by Gasteiger charge is -2.29. The Morgan fingerprint density at radius 3 is 2.34 bits per heavy atom. The van der Waals surface area contributed by atoms with Gasteiger partial charge in [0.05, 0.1) is 22.3 Å². The summed E-state index contributed by atoms with van der Waals surface area (Å²) in [5.74, 6) is -1.68. The Labute approximate surface area is 183 Å². The van der Waals surface area contributed by atoms with Gasteiger partial charge in [0.25, 0.3) is 11.6 Å². The molecule has 2 saturated heterocycles. The summed E-state index contributed by atoms with van der Waals surface area (Å²) in [7, 11) is 0. The van der Waals surface area contributed by atoms with Crippen molar-refractivity contribution in [2.75, 3.05) is 9.96 Å². The molecular weight excluding hydrogens is 410 g/mol. The maximum atomic E-state index is 13.5. The van der Waals surface area contributed by atoms with E-state index >= 15 is 0 Å². The summed E-state index contributed by atoms with van der Waals surface area (Å²) < 4.78 is 0. The second kappa shape index (κ2) is 7.58. The summed E-state index contributed by atoms with van der Waals surface area (Å²) in [5, 5.41) is 12.9. The van der Waals surface area contributed by atoms with E-state index in [4.69, 9.17) is 4.84 Å². The van der Waals surface area contributed by atoms with Crippen LogP contribution in [0.2, 0.25) is 0 Å². The lowest BCUT2D eigenvalue weighted by molar-refractivity contribution is -0.384. The zero-order valence-electron chi connectivity index (χ0n) is 17.1. The number of carbonyl (C=O) groups excluding carboxylic acids is 2. The van der Waals surface area contributed by atoms with Crippen LogP contribution in [0.4, 0.5) is 17.1 Å². The number of amides is 2. The number of benzene rings is 3. The molecule has 0 radical (unpaired) electrons. The molecule has 160 valence electrons. The smallest absolute Gasteiger partial charge is 0.269 e. The quantitative estimate of drug-likeness (QED) is 0.354. The number of non-ortho nitro benzene ring substituents is 1. The first-order valence-electron chi connectivity index (χ1n) is 10.2. The summed E-state index contributed by atoms with van der Waals surface area (Å²) >= 11 is 0. The Hall–Kier alpha value is -4.04. The van der Waals surface area contributed by atoms with Gasteiger partial charge in [0, 0.05) is 12.1 Å². The Balaban J connectivity index is 1.63. The van der Waals surface area contributed by atoms with Crippen LogP contribution >= 0.6 is 0 Å². The molecule has 3 atom stereocenters. The first kappa shape index (κ1) is 19.9. The van der Waals surface area contributed by atoms with E-state index in [-0.39, 0.29) is 5.69 Å². The molecule has 5 rings (SSSR count). The van der Waals surface area contributed by atoms with Crippen molar-refractivity contribution < 1.29 is 19.3 Å². The number of anilines is 2. The van der Waals surface area contributed by atoms with Gasteiger partial charge in [0.2, 0.25) is 5.91 Å². The monoisotopic (exact) mass is 429 g/mol. The van der Waals surface area contributed by atoms with E-state index in [1.807, 2.05) is 31.2 Å². The molecule has 0 spiro atoms. The Kier molecular flexibility index (Phi) is 4.71. The van der Waals surface area contributed by atoms with Crippen molar-refractivity contribution in [2.45, 2.75) is 19.1 Å². The van der Waals surface area contributed by atoms with E-state index in [2.05, 4.69) is 0 Å². The van der Waals surface area contributed by atoms with Crippen LogP contribution in [0.5, 0.6) is 0 Å². The maximum absolute atomic E-state index is 13.5. The predicted octanol–water partition coefficient (Wildman–Crippen LogP) is 3.95. The van der Waals surface area contributed by atoms with Crippen molar-refractivity contribution in [3.05, 3.63) is 100 Å². The van der Waals surface area contributed by atoms with E-state index < -0.39 is 34.8 Å². The van der Waals surface area contributed by atoms with Gasteiger partial charge in [-0.2, -0.15) is 0 Å². The van der Waals surface area contributed by atoms with Gasteiger partial charge in [-0.15, -0.1) is 0 Å². The normalized spacial score (nSPS) is 22.3. The van der Waals surface area contributed by atoms with Gasteiger partial charge in [-0.1, -0.05) is 48.5 Å². The standard InChI is InChI=1S/C24H19N3O5/c1-15-8-5-6-13-19(15)26-21(16-9-7-12-18(14-16)27(30)31)20-22(32-26)24(29)25(23(20)28)17-10-3-2-4-11-17/h2-14,20-22H,1H3. The SMILES string of the molecule is Cc1ccccc1N1OC2C(=O)N(c3ccccc3)C(=O)C2C1c1cccc([N+](=O)[O-])c1. The molecule has 32 heavy (non-hydrogen) atoms. The number of nitrogens with zero attached hydrogens (tertiary/aromatic N) is 3. The highest BCUT2D eigenvalue weighted by Crippen LogP contribution is 2.48. The Morgan fingerprint density at radius 1 is 0.906 bits per heavy atom. The second-order valence-corrected chi connectivity index (χ2v) is 7.81. The second-order valence-electron chi connectivity index (χ2n) is 7.81. The number of hydrogen-bond acceptors (Lipinski definition) is 6. The van der Waals surface area contributed by atoms with Gasteiger partial charge in [0.1, 0.15) is 5.92 Å². The largest absolute Gasteiger partial charge is 0.273 e. The lowest BCUT2D eigenvalue weighted by Crippen LogP contribution is -2.37. The number of imide groups is 1. The first-order valence-corrected chi connectivity index (χ1v) is 10.2. The Morgan fingerprint density at radius 2 is 1.62 bits per heavy atom. The van der Waals surface area contributed by atoms with Crippen molar-refractivity contribution in [1.29, 1.82) is 0 Å². The number of para-hydroxylation sites is 2. The lowest BCUT2D eigenvalue weighted by atomic mass is 9.90. The van der Waals surface area contributed by atoms with E-state index in [0.717, 1.165) is 10.5 Å². The van der Waals surface area contributed by atoms with Crippen LogP contribution < -0.4 is 9.96 Å². The fraction of sp³-hybridized carbons (Fsp3) is 0.167. The van der Waals surface area contributed by atoms with Crippen molar-refractivity contribution in [3.8, 4) is 0 Å². The van der Waals surface area contributed by atoms with Crippen molar-refractivity contribution in [2.24, 2.45) is 5.92 Å². The molecule has 0 aromatic heterocycles. The van der Waals surface area contributed by atoms with Gasteiger partial charge in [-0.3, -0.25) is 24.5 Å². The van der Waals surface area contributed by atoms with Gasteiger partial charge >= 0.3 is 0 Å². The molecule has 0 aliphatic carbocycles. The maximum Gasteiger partial charge on any atom is 0.269 e. The van der Waals surface area contributed by atoms with Gasteiger partial charge in [-0.25, -0.2) is 9.96 Å². The number of aryl methyl sites for hydroxylation is 1. The minimum Gasteiger partial charge on any atom is -0.273 e. The molecular formula is C24H19N3O5. The van der Waals surface area contributed by atoms with Crippen LogP contribution in [0.3, 0.4) is 0 Å². The minimum atomic E-state index is -1.02. The number of nitro benzene ring substituents is 1. The van der Waals surface area contributed by atoms with Crippen LogP contribution in [0.25, 0.3) is 0 Å². The van der Waals surface area contributed by atoms with Crippen LogP contribution in [-0.4, -0.2) is 22.8 Å². The first-order chi connectivity index (χ1) is 15.5. The number of nitro groups is 1. The number of fused-ring (bicyclic) bond motifs is 1. The summed E-state index contributed by atoms with van der Waals surface area (Å²) in [6.45, 7) is 1.90. The topological polar surface area (TPSA) is 93.0 Å². The zero-order chi connectivity index (χ0) is 22.4. The highest BCUT2D eigenvalue weighted by Gasteiger charge is 2.60. The fourth-order valence-electron chi connectivity index (χ4n) is 4.43. The highest BCUT2D eigenvalue weighted by atomic mass is 16.7. The van der Waals surface area contributed by atoms with Crippen LogP contribution in [0.1, 0.15) is 17.2 Å². The molecule has 8 nitrogen and oxygen atoms in total. The molecule has 2 heterocycles. The van der Waals surface area contributed by atoms with Crippen molar-refractivity contribution >= 4 is 28.9 Å². The fourth-order valence-corrected chi connectivity index (χ4v) is 4.43. The summed E-state index contributed by atoms with van der Waals surface area (Å²) in [6.07, 6.45) is -1.02. The number of hydroxylamine groups is 1. The van der Waals surface area contributed by atoms with E-state index in [1.54, 1.807) is 47.5 Å². The van der Waals surface area contributed by atoms with Crippen LogP contribution in [-0.2, 0) is 14.4 Å². The van der Waals surface area contributed by atoms with Crippen LogP contribution in [0, 0.1) is 23.0 Å². The summed E-state index contributed by atoms with van der Waals surface area (Å²) in [5.41, 5.74) is 2.51. The molecule has 2 fully saturated rings. The average Bonchev–Trinajstić information content (AvgIpc) is 3.30. The highest BCUT2D eigenvalue weighted by molar-refractivity contribution is 6.23. The molecule has 3 aromatic rings. The van der Waals surface area contributed by atoms with Crippen LogP contribution in [0.15, 0.2) is 78.9 Å². The molecule has 2 aliphatic rings. The Bertz CT molecular complexity index is 1230. The number of hydrogen-bond donors (Lipinski definition) is 0. The third-order valence-electron chi connectivity index (χ3n) is 5.91. The molecule has 3 aromatic carbocycles. The van der Waals surface area contributed by atoms with E-state index in [0.29, 0.717) is 16.9 Å². The van der Waals surface area contributed by atoms with Crippen molar-refractivity contribution in [3.63, 3.8) is 0 Å². The number of carbonyl (C=O) groups is 2. The zero-order valence-corrected chi connectivity index (χ0v) is 17.1. The summed E-state index contributed by atoms with van der Waals surface area (Å²) in [6, 6.07) is 21.6. The van der Waals surface area contributed by atoms with Gasteiger partial charge < -0.3 is 0 Å². The van der Waals surface area contributed by atoms with E-state index in [9.17, 15) is 19.7 Å². The molecule has 0 saturated carbocycles. The third-order valence-corrected chi connectivity index (χ3v) is 5.91. The predicted molar refractivity (Wildman–Crippen MR) is 117 cm³/mol. The molecule has 8 heteroatoms. The molecule has 2 amide bonds. The van der Waals surface area contributed by atoms with Crippen molar-refractivity contribution in [1.82, 2.24) is 0 Å². The molecule has 0 N–H and O–H groups in total. The van der Waals surface area contributed by atoms with E-state index in [1.165, 1.54) is 12.1 Å². The average molecular weight is 429 g/mol. The third kappa shape index (κ3) is 3.04. The molecule has 2 aliphatic heterocycles. The molecule has 0 bridgehead atoms. The van der Waals surface area contributed by atoms with Gasteiger partial charge in [-0.05, 0) is 36.2 Å². The van der Waals surface area contributed by atoms with Gasteiger partial charge in [0.15, 0.2) is 6.10 Å². The number of rotatable bonds is 4.